The van der Waals surface area contributed by atoms with Crippen LogP contribution in [0, 0.1) is 0 Å². The fraction of sp³-hybridized carbons (Fsp3) is 0.615. The van der Waals surface area contributed by atoms with E-state index in [0.29, 0.717) is 6.54 Å². The average molecular weight is 270 g/mol. The fourth-order valence-electron chi connectivity index (χ4n) is 1.65. The van der Waals surface area contributed by atoms with Gasteiger partial charge in [0.25, 0.3) is 5.91 Å². The van der Waals surface area contributed by atoms with Crippen molar-refractivity contribution in [2.75, 3.05) is 6.54 Å². The Balaban J connectivity index is 2.14. The van der Waals surface area contributed by atoms with Gasteiger partial charge < -0.3 is 5.32 Å². The molecule has 4 nitrogen and oxygen atoms in total. The van der Waals surface area contributed by atoms with Crippen LogP contribution in [0.2, 0.25) is 5.15 Å². The maximum absolute atomic E-state index is 11.7. The summed E-state index contributed by atoms with van der Waals surface area (Å²) in [7, 11) is 0. The number of nitrogens with zero attached hydrogens (tertiary/aromatic N) is 2. The molecule has 0 fully saturated rings. The third-order valence-electron chi connectivity index (χ3n) is 2.65. The molecule has 0 aliphatic heterocycles. The number of nitrogens with one attached hydrogen (secondary N) is 1. The van der Waals surface area contributed by atoms with Gasteiger partial charge in [-0.05, 0) is 6.42 Å². The second kappa shape index (κ2) is 8.86. The molecule has 0 aliphatic carbocycles. The Morgan fingerprint density at radius 3 is 2.67 bits per heavy atom. The van der Waals surface area contributed by atoms with E-state index in [0.717, 1.165) is 12.8 Å². The van der Waals surface area contributed by atoms with E-state index in [1.54, 1.807) is 0 Å². The van der Waals surface area contributed by atoms with Crippen LogP contribution in [0.25, 0.3) is 0 Å². The molecule has 18 heavy (non-hydrogen) atoms. The summed E-state index contributed by atoms with van der Waals surface area (Å²) >= 11 is 5.67. The molecule has 1 rings (SSSR count). The summed E-state index contributed by atoms with van der Waals surface area (Å²) in [5.41, 5.74) is 0.272. The number of carbonyl (C=O) groups is 1. The van der Waals surface area contributed by atoms with Gasteiger partial charge >= 0.3 is 0 Å². The summed E-state index contributed by atoms with van der Waals surface area (Å²) in [4.78, 5) is 19.4. The first-order valence-electron chi connectivity index (χ1n) is 6.49. The van der Waals surface area contributed by atoms with Crippen molar-refractivity contribution in [3.8, 4) is 0 Å². The second-order valence-corrected chi connectivity index (χ2v) is 4.64. The molecule has 100 valence electrons. The van der Waals surface area contributed by atoms with Gasteiger partial charge in [0, 0.05) is 6.54 Å². The van der Waals surface area contributed by atoms with Gasteiger partial charge in [0.2, 0.25) is 0 Å². The van der Waals surface area contributed by atoms with Crippen molar-refractivity contribution < 1.29 is 4.79 Å². The topological polar surface area (TPSA) is 54.9 Å². The van der Waals surface area contributed by atoms with Crippen LogP contribution >= 0.6 is 11.6 Å². The SMILES string of the molecule is CCCCCCCCNC(=O)c1cncc(Cl)n1. The van der Waals surface area contributed by atoms with Gasteiger partial charge in [-0.15, -0.1) is 0 Å². The van der Waals surface area contributed by atoms with Crippen LogP contribution in [0.5, 0.6) is 0 Å². The molecule has 1 aromatic rings. The Bertz CT molecular complexity index is 371. The highest BCUT2D eigenvalue weighted by atomic mass is 35.5. The fourth-order valence-corrected chi connectivity index (χ4v) is 1.80. The first kappa shape index (κ1) is 14.9. The summed E-state index contributed by atoms with van der Waals surface area (Å²) in [6, 6.07) is 0. The lowest BCUT2D eigenvalue weighted by atomic mass is 10.1. The first-order valence-corrected chi connectivity index (χ1v) is 6.87. The van der Waals surface area contributed by atoms with Gasteiger partial charge in [-0.1, -0.05) is 50.6 Å². The number of unbranched alkanes of at least 4 members (excludes halogenated alkanes) is 5. The van der Waals surface area contributed by atoms with E-state index in [-0.39, 0.29) is 16.8 Å². The molecule has 1 heterocycles. The van der Waals surface area contributed by atoms with E-state index >= 15 is 0 Å². The van der Waals surface area contributed by atoms with Crippen LogP contribution in [0.15, 0.2) is 12.4 Å². The van der Waals surface area contributed by atoms with Gasteiger partial charge in [0.15, 0.2) is 0 Å². The number of carbonyl (C=O) groups excluding carboxylic acids is 1. The van der Waals surface area contributed by atoms with E-state index in [9.17, 15) is 4.79 Å². The van der Waals surface area contributed by atoms with E-state index in [1.165, 1.54) is 38.1 Å². The predicted molar refractivity (Wildman–Crippen MR) is 72.8 cm³/mol. The standard InChI is InChI=1S/C13H20ClN3O/c1-2-3-4-5-6-7-8-16-13(18)11-9-15-10-12(14)17-11/h9-10H,2-8H2,1H3,(H,16,18). The molecule has 1 amide bonds. The van der Waals surface area contributed by atoms with E-state index in [4.69, 9.17) is 11.6 Å². The number of aromatic nitrogens is 2. The van der Waals surface area contributed by atoms with Crippen LogP contribution < -0.4 is 5.32 Å². The molecule has 0 saturated heterocycles. The summed E-state index contributed by atoms with van der Waals surface area (Å²) in [5, 5.41) is 3.06. The number of hydrogen-bond donors (Lipinski definition) is 1. The highest BCUT2D eigenvalue weighted by molar-refractivity contribution is 6.29. The Kier molecular flexibility index (Phi) is 7.34. The van der Waals surface area contributed by atoms with Gasteiger partial charge in [-0.2, -0.15) is 0 Å². The van der Waals surface area contributed by atoms with E-state index in [1.807, 2.05) is 0 Å². The third-order valence-corrected chi connectivity index (χ3v) is 2.84. The number of hydrogen-bond acceptors (Lipinski definition) is 3. The highest BCUT2D eigenvalue weighted by Crippen LogP contribution is 2.05. The van der Waals surface area contributed by atoms with Crippen LogP contribution in [0.1, 0.15) is 55.9 Å². The molecule has 0 radical (unpaired) electrons. The van der Waals surface area contributed by atoms with E-state index in [2.05, 4.69) is 22.2 Å². The van der Waals surface area contributed by atoms with Gasteiger partial charge in [-0.25, -0.2) is 4.98 Å². The third kappa shape index (κ3) is 5.96. The minimum atomic E-state index is -0.210. The minimum absolute atomic E-state index is 0.210. The predicted octanol–water partition coefficient (Wildman–Crippen LogP) is 3.22. The normalized spacial score (nSPS) is 10.3. The number of rotatable bonds is 8. The van der Waals surface area contributed by atoms with Crippen molar-refractivity contribution >= 4 is 17.5 Å². The summed E-state index contributed by atoms with van der Waals surface area (Å²) in [5.74, 6) is -0.210. The Morgan fingerprint density at radius 2 is 1.94 bits per heavy atom. The number of halogens is 1. The van der Waals surface area contributed by atoms with Gasteiger partial charge in [0.1, 0.15) is 10.8 Å². The van der Waals surface area contributed by atoms with Gasteiger partial charge in [0.05, 0.1) is 12.4 Å². The molecule has 0 atom stereocenters. The quantitative estimate of drug-likeness (QED) is 0.737. The number of amides is 1. The first-order chi connectivity index (χ1) is 8.74. The van der Waals surface area contributed by atoms with Crippen molar-refractivity contribution in [3.05, 3.63) is 23.2 Å². The highest BCUT2D eigenvalue weighted by Gasteiger charge is 2.06. The summed E-state index contributed by atoms with van der Waals surface area (Å²) in [6.07, 6.45) is 10.1. The molecule has 0 unspecified atom stereocenters. The maximum Gasteiger partial charge on any atom is 0.271 e. The molecule has 0 bridgehead atoms. The molecule has 0 aromatic carbocycles. The van der Waals surface area contributed by atoms with Crippen LogP contribution in [0.4, 0.5) is 0 Å². The molecular formula is C13H20ClN3O. The Labute approximate surface area is 113 Å². The summed E-state index contributed by atoms with van der Waals surface area (Å²) in [6.45, 7) is 2.88. The molecule has 0 aliphatic rings. The Morgan fingerprint density at radius 1 is 1.22 bits per heavy atom. The van der Waals surface area contributed by atoms with E-state index < -0.39 is 0 Å². The lowest BCUT2D eigenvalue weighted by Crippen LogP contribution is -2.25. The molecule has 0 saturated carbocycles. The van der Waals surface area contributed by atoms with Crippen LogP contribution in [-0.2, 0) is 0 Å². The molecule has 1 N–H and O–H groups in total. The van der Waals surface area contributed by atoms with Crippen molar-refractivity contribution in [3.63, 3.8) is 0 Å². The zero-order valence-electron chi connectivity index (χ0n) is 10.8. The summed E-state index contributed by atoms with van der Waals surface area (Å²) < 4.78 is 0. The van der Waals surface area contributed by atoms with Crippen molar-refractivity contribution in [1.29, 1.82) is 0 Å². The largest absolute Gasteiger partial charge is 0.351 e. The molecule has 0 spiro atoms. The Hall–Kier alpha value is -1.16. The molecule has 5 heteroatoms. The molecule has 1 aromatic heterocycles. The second-order valence-electron chi connectivity index (χ2n) is 4.25. The van der Waals surface area contributed by atoms with Crippen molar-refractivity contribution in [1.82, 2.24) is 15.3 Å². The average Bonchev–Trinajstić information content (AvgIpc) is 2.37. The smallest absolute Gasteiger partial charge is 0.271 e. The van der Waals surface area contributed by atoms with Crippen LogP contribution in [-0.4, -0.2) is 22.4 Å². The zero-order chi connectivity index (χ0) is 13.2. The van der Waals surface area contributed by atoms with Crippen LogP contribution in [0.3, 0.4) is 0 Å². The molecular weight excluding hydrogens is 250 g/mol. The lowest BCUT2D eigenvalue weighted by Gasteiger charge is -2.04. The lowest BCUT2D eigenvalue weighted by molar-refractivity contribution is 0.0947. The van der Waals surface area contributed by atoms with Crippen molar-refractivity contribution in [2.24, 2.45) is 0 Å². The maximum atomic E-state index is 11.7. The zero-order valence-corrected chi connectivity index (χ0v) is 11.5. The van der Waals surface area contributed by atoms with Gasteiger partial charge in [-0.3, -0.25) is 9.78 Å². The minimum Gasteiger partial charge on any atom is -0.351 e. The van der Waals surface area contributed by atoms with Crippen molar-refractivity contribution in [2.45, 2.75) is 45.4 Å². The monoisotopic (exact) mass is 269 g/mol.